The van der Waals surface area contributed by atoms with Crippen LogP contribution in [-0.2, 0) is 12.8 Å². The number of hydrogen-bond donors (Lipinski definition) is 2. The van der Waals surface area contributed by atoms with Gasteiger partial charge < -0.3 is 11.1 Å². The first-order valence-electron chi connectivity index (χ1n) is 9.95. The number of benzene rings is 1. The fourth-order valence-corrected chi connectivity index (χ4v) is 4.55. The first-order chi connectivity index (χ1) is 12.8. The van der Waals surface area contributed by atoms with Gasteiger partial charge in [0.05, 0.1) is 5.69 Å². The molecule has 146 valence electrons. The molecule has 3 N–H and O–H groups in total. The maximum Gasteiger partial charge on any atom is 0.272 e. The summed E-state index contributed by atoms with van der Waals surface area (Å²) in [5, 5.41) is 7.91. The molecule has 1 saturated carbocycles. The van der Waals surface area contributed by atoms with E-state index in [0.29, 0.717) is 18.2 Å². The molecule has 1 unspecified atom stereocenters. The van der Waals surface area contributed by atoms with Crippen LogP contribution >= 0.6 is 12.4 Å². The average Bonchev–Trinajstić information content (AvgIpc) is 3.30. The number of fused-ring (bicyclic) bond motifs is 1. The molecule has 2 aliphatic carbocycles. The predicted octanol–water partition coefficient (Wildman–Crippen LogP) is 3.42. The first-order valence-corrected chi connectivity index (χ1v) is 9.95. The van der Waals surface area contributed by atoms with E-state index in [1.165, 1.54) is 37.8 Å². The molecule has 27 heavy (non-hydrogen) atoms. The van der Waals surface area contributed by atoms with E-state index in [2.05, 4.69) is 5.32 Å². The Balaban J connectivity index is 0.00000210. The lowest BCUT2D eigenvalue weighted by Gasteiger charge is -2.29. The summed E-state index contributed by atoms with van der Waals surface area (Å²) in [5.74, 6) is 0.445. The van der Waals surface area contributed by atoms with Gasteiger partial charge in [0.15, 0.2) is 5.69 Å². The molecule has 0 saturated heterocycles. The lowest BCUT2D eigenvalue weighted by Crippen LogP contribution is -2.46. The van der Waals surface area contributed by atoms with Crippen molar-refractivity contribution < 1.29 is 4.79 Å². The van der Waals surface area contributed by atoms with Gasteiger partial charge >= 0.3 is 0 Å². The van der Waals surface area contributed by atoms with Crippen molar-refractivity contribution in [3.05, 3.63) is 47.3 Å². The van der Waals surface area contributed by atoms with E-state index < -0.39 is 0 Å². The first kappa shape index (κ1) is 19.9. The van der Waals surface area contributed by atoms with Crippen LogP contribution in [0.4, 0.5) is 0 Å². The number of nitrogens with zero attached hydrogens (tertiary/aromatic N) is 2. The van der Waals surface area contributed by atoms with Crippen molar-refractivity contribution >= 4 is 18.3 Å². The molecule has 1 aromatic heterocycles. The van der Waals surface area contributed by atoms with Gasteiger partial charge in [-0.2, -0.15) is 5.10 Å². The number of amides is 1. The SMILES string of the molecule is Cl.NCC(NC(=O)c1nn(-c2ccccc2)c2c1CCC2)C1CCCCC1. The number of nitrogens with one attached hydrogen (secondary N) is 1. The van der Waals surface area contributed by atoms with Crippen molar-refractivity contribution in [1.29, 1.82) is 0 Å². The smallest absolute Gasteiger partial charge is 0.272 e. The molecule has 1 amide bonds. The Morgan fingerprint density at radius 2 is 1.89 bits per heavy atom. The summed E-state index contributed by atoms with van der Waals surface area (Å²) in [7, 11) is 0. The molecule has 5 nitrogen and oxygen atoms in total. The van der Waals surface area contributed by atoms with Crippen LogP contribution < -0.4 is 11.1 Å². The van der Waals surface area contributed by atoms with Crippen molar-refractivity contribution in [1.82, 2.24) is 15.1 Å². The largest absolute Gasteiger partial charge is 0.346 e. The van der Waals surface area contributed by atoms with Gasteiger partial charge in [-0.25, -0.2) is 4.68 Å². The summed E-state index contributed by atoms with van der Waals surface area (Å²) in [5.41, 5.74) is 9.91. The normalized spacial score (nSPS) is 17.8. The van der Waals surface area contributed by atoms with Gasteiger partial charge in [-0.05, 0) is 50.2 Å². The standard InChI is InChI=1S/C21H28N4O.ClH/c22-14-18(15-8-3-1-4-9-15)23-21(26)20-17-12-7-13-19(17)25(24-20)16-10-5-2-6-11-16;/h2,5-6,10-11,15,18H,1,3-4,7-9,12-14,22H2,(H,23,26);1H. The molecule has 1 fully saturated rings. The van der Waals surface area contributed by atoms with Gasteiger partial charge in [0.2, 0.25) is 0 Å². The van der Waals surface area contributed by atoms with Gasteiger partial charge in [-0.15, -0.1) is 12.4 Å². The minimum Gasteiger partial charge on any atom is -0.346 e. The summed E-state index contributed by atoms with van der Waals surface area (Å²) in [6.07, 6.45) is 9.12. The number of rotatable bonds is 5. The molecule has 0 radical (unpaired) electrons. The number of carbonyl (C=O) groups excluding carboxylic acids is 1. The molecule has 2 aromatic rings. The zero-order chi connectivity index (χ0) is 17.9. The number of carbonyl (C=O) groups is 1. The fourth-order valence-electron chi connectivity index (χ4n) is 4.55. The maximum absolute atomic E-state index is 13.0. The molecular formula is C21H29ClN4O. The second-order valence-electron chi connectivity index (χ2n) is 7.59. The van der Waals surface area contributed by atoms with Gasteiger partial charge in [0, 0.05) is 23.8 Å². The van der Waals surface area contributed by atoms with Crippen LogP contribution in [0.3, 0.4) is 0 Å². The van der Waals surface area contributed by atoms with Crippen molar-refractivity contribution in [3.8, 4) is 5.69 Å². The van der Waals surface area contributed by atoms with E-state index in [0.717, 1.165) is 30.5 Å². The van der Waals surface area contributed by atoms with Gasteiger partial charge in [-0.1, -0.05) is 37.5 Å². The molecule has 1 atom stereocenters. The third kappa shape index (κ3) is 4.04. The van der Waals surface area contributed by atoms with Crippen LogP contribution in [0.1, 0.15) is 60.3 Å². The molecule has 0 aliphatic heterocycles. The number of halogens is 1. The molecular weight excluding hydrogens is 360 g/mol. The van der Waals surface area contributed by atoms with E-state index >= 15 is 0 Å². The van der Waals surface area contributed by atoms with Crippen LogP contribution in [0.15, 0.2) is 30.3 Å². The zero-order valence-corrected chi connectivity index (χ0v) is 16.5. The Morgan fingerprint density at radius 1 is 1.15 bits per heavy atom. The topological polar surface area (TPSA) is 72.9 Å². The number of para-hydroxylation sites is 1. The van der Waals surface area contributed by atoms with Crippen molar-refractivity contribution in [2.45, 2.75) is 57.4 Å². The zero-order valence-electron chi connectivity index (χ0n) is 15.7. The molecule has 0 spiro atoms. The summed E-state index contributed by atoms with van der Waals surface area (Å²) >= 11 is 0. The van der Waals surface area contributed by atoms with E-state index in [1.807, 2.05) is 35.0 Å². The lowest BCUT2D eigenvalue weighted by molar-refractivity contribution is 0.0909. The highest BCUT2D eigenvalue weighted by molar-refractivity contribution is 5.94. The summed E-state index contributed by atoms with van der Waals surface area (Å²) in [6.45, 7) is 0.498. The summed E-state index contributed by atoms with van der Waals surface area (Å²) < 4.78 is 1.95. The minimum atomic E-state index is -0.0566. The van der Waals surface area contributed by atoms with E-state index in [1.54, 1.807) is 0 Å². The highest BCUT2D eigenvalue weighted by Gasteiger charge is 2.30. The Hall–Kier alpha value is -1.85. The molecule has 1 aromatic carbocycles. The predicted molar refractivity (Wildman–Crippen MR) is 110 cm³/mol. The van der Waals surface area contributed by atoms with Gasteiger partial charge in [-0.3, -0.25) is 4.79 Å². The second kappa shape index (κ2) is 8.89. The van der Waals surface area contributed by atoms with Crippen LogP contribution in [0.5, 0.6) is 0 Å². The van der Waals surface area contributed by atoms with Gasteiger partial charge in [0.25, 0.3) is 5.91 Å². The molecule has 4 rings (SSSR count). The molecule has 1 heterocycles. The third-order valence-electron chi connectivity index (χ3n) is 5.94. The number of hydrogen-bond acceptors (Lipinski definition) is 3. The van der Waals surface area contributed by atoms with Crippen LogP contribution in [0.2, 0.25) is 0 Å². The summed E-state index contributed by atoms with van der Waals surface area (Å²) in [4.78, 5) is 13.0. The number of aromatic nitrogens is 2. The van der Waals surface area contributed by atoms with Crippen LogP contribution in [0.25, 0.3) is 5.69 Å². The Kier molecular flexibility index (Phi) is 6.55. The van der Waals surface area contributed by atoms with Crippen molar-refractivity contribution in [3.63, 3.8) is 0 Å². The van der Waals surface area contributed by atoms with Crippen molar-refractivity contribution in [2.24, 2.45) is 11.7 Å². The van der Waals surface area contributed by atoms with Crippen LogP contribution in [0, 0.1) is 5.92 Å². The minimum absolute atomic E-state index is 0. The highest BCUT2D eigenvalue weighted by Crippen LogP contribution is 2.29. The third-order valence-corrected chi connectivity index (χ3v) is 5.94. The molecule has 2 aliphatic rings. The second-order valence-corrected chi connectivity index (χ2v) is 7.59. The van der Waals surface area contributed by atoms with Crippen LogP contribution in [-0.4, -0.2) is 28.3 Å². The summed E-state index contributed by atoms with van der Waals surface area (Å²) in [6, 6.07) is 10.1. The number of nitrogens with two attached hydrogens (primary N) is 1. The highest BCUT2D eigenvalue weighted by atomic mass is 35.5. The van der Waals surface area contributed by atoms with E-state index in [-0.39, 0.29) is 24.4 Å². The van der Waals surface area contributed by atoms with Crippen molar-refractivity contribution in [2.75, 3.05) is 6.54 Å². The Bertz CT molecular complexity index is 768. The lowest BCUT2D eigenvalue weighted by atomic mass is 9.84. The fraction of sp³-hybridized carbons (Fsp3) is 0.524. The molecule has 6 heteroatoms. The Morgan fingerprint density at radius 3 is 2.59 bits per heavy atom. The Labute approximate surface area is 167 Å². The molecule has 0 bridgehead atoms. The quantitative estimate of drug-likeness (QED) is 0.824. The van der Waals surface area contributed by atoms with E-state index in [4.69, 9.17) is 10.8 Å². The van der Waals surface area contributed by atoms with E-state index in [9.17, 15) is 4.79 Å². The van der Waals surface area contributed by atoms with Gasteiger partial charge in [0.1, 0.15) is 0 Å². The monoisotopic (exact) mass is 388 g/mol. The average molecular weight is 389 g/mol. The maximum atomic E-state index is 13.0.